The summed E-state index contributed by atoms with van der Waals surface area (Å²) >= 11 is 8.54. The fourth-order valence-electron chi connectivity index (χ4n) is 5.92. The normalized spacial score (nSPS) is 16.7. The van der Waals surface area contributed by atoms with E-state index in [0.717, 1.165) is 16.1 Å². The molecule has 11 heteroatoms. The minimum Gasteiger partial charge on any atom is -0.384 e. The number of hydrogen-bond acceptors (Lipinski definition) is 7. The Bertz CT molecular complexity index is 1830. The molecule has 1 amide bonds. The summed E-state index contributed by atoms with van der Waals surface area (Å²) < 4.78 is 17.1. The Balaban J connectivity index is 1.68. The zero-order valence-electron chi connectivity index (χ0n) is 24.2. The van der Waals surface area contributed by atoms with E-state index in [-0.39, 0.29) is 34.1 Å². The second kappa shape index (κ2) is 11.7. The third-order valence-corrected chi connectivity index (χ3v) is 9.33. The lowest BCUT2D eigenvalue weighted by atomic mass is 10.0. The molecule has 1 atom stereocenters. The third kappa shape index (κ3) is 5.16. The van der Waals surface area contributed by atoms with Crippen LogP contribution < -0.4 is 15.9 Å². The molecule has 6 rings (SSSR count). The Morgan fingerprint density at radius 3 is 2.74 bits per heavy atom. The number of pyridine rings is 1. The van der Waals surface area contributed by atoms with E-state index in [1.807, 2.05) is 30.0 Å². The number of amides is 1. The average Bonchev–Trinajstić information content (AvgIpc) is 2.98. The van der Waals surface area contributed by atoms with Crippen LogP contribution in [0.25, 0.3) is 28.0 Å². The van der Waals surface area contributed by atoms with Crippen molar-refractivity contribution in [3.63, 3.8) is 0 Å². The van der Waals surface area contributed by atoms with Crippen LogP contribution in [0.3, 0.4) is 0 Å². The van der Waals surface area contributed by atoms with Crippen LogP contribution in [0.4, 0.5) is 15.9 Å². The van der Waals surface area contributed by atoms with Crippen LogP contribution in [-0.4, -0.2) is 63.3 Å². The molecule has 1 N–H and O–H groups in total. The van der Waals surface area contributed by atoms with Gasteiger partial charge in [0.15, 0.2) is 5.65 Å². The number of para-hydroxylation sites is 1. The van der Waals surface area contributed by atoms with E-state index >= 15 is 4.39 Å². The largest absolute Gasteiger partial charge is 0.384 e. The summed E-state index contributed by atoms with van der Waals surface area (Å²) in [5, 5.41) is 4.17. The maximum Gasteiger partial charge on any atom is 0.355 e. The highest BCUT2D eigenvalue weighted by molar-refractivity contribution is 7.99. The number of halogens is 2. The molecule has 0 spiro atoms. The van der Waals surface area contributed by atoms with E-state index in [4.69, 9.17) is 16.6 Å². The van der Waals surface area contributed by atoms with Crippen molar-refractivity contribution in [2.75, 3.05) is 42.1 Å². The van der Waals surface area contributed by atoms with Crippen LogP contribution in [0.2, 0.25) is 5.02 Å². The van der Waals surface area contributed by atoms with Gasteiger partial charge in [-0.25, -0.2) is 18.7 Å². The first-order valence-corrected chi connectivity index (χ1v) is 15.7. The Labute approximate surface area is 258 Å². The number of rotatable bonds is 3. The second-order valence-electron chi connectivity index (χ2n) is 11.1. The minimum atomic E-state index is -0.487. The lowest BCUT2D eigenvalue weighted by Crippen LogP contribution is -2.54. The van der Waals surface area contributed by atoms with Gasteiger partial charge in [0, 0.05) is 48.6 Å². The van der Waals surface area contributed by atoms with Gasteiger partial charge in [0.1, 0.15) is 11.6 Å². The van der Waals surface area contributed by atoms with Crippen LogP contribution >= 0.6 is 23.4 Å². The molecule has 2 aliphatic rings. The number of fused-ring (bicyclic) bond motifs is 5. The van der Waals surface area contributed by atoms with Crippen LogP contribution in [0.1, 0.15) is 32.3 Å². The predicted molar refractivity (Wildman–Crippen MR) is 172 cm³/mol. The van der Waals surface area contributed by atoms with Gasteiger partial charge in [0.25, 0.3) is 0 Å². The van der Waals surface area contributed by atoms with E-state index in [9.17, 15) is 9.59 Å². The Morgan fingerprint density at radius 2 is 2.00 bits per heavy atom. The first-order valence-electron chi connectivity index (χ1n) is 14.3. The van der Waals surface area contributed by atoms with Gasteiger partial charge in [-0.2, -0.15) is 4.98 Å². The number of nitrogens with zero attached hydrogens (tertiary/aromatic N) is 5. The SMILES string of the molecule is C=CC(=O)N1CCN(c2nc(=O)n3c4nc(c(Cl)cc24)-c2c(F)cccc2NCCSc2cccc(C(C)C)c2-3)[C@H](C)C1. The molecule has 4 heterocycles. The van der Waals surface area contributed by atoms with Crippen LogP contribution in [0.15, 0.2) is 64.8 Å². The summed E-state index contributed by atoms with van der Waals surface area (Å²) in [6, 6.07) is 12.4. The average molecular weight is 619 g/mol. The van der Waals surface area contributed by atoms with Crippen molar-refractivity contribution in [1.29, 1.82) is 0 Å². The number of anilines is 2. The highest BCUT2D eigenvalue weighted by atomic mass is 35.5. The highest BCUT2D eigenvalue weighted by Crippen LogP contribution is 2.40. The molecular weight excluding hydrogens is 587 g/mol. The van der Waals surface area contributed by atoms with Crippen LogP contribution in [0, 0.1) is 5.82 Å². The Morgan fingerprint density at radius 1 is 1.21 bits per heavy atom. The summed E-state index contributed by atoms with van der Waals surface area (Å²) in [6.07, 6.45) is 1.31. The second-order valence-corrected chi connectivity index (χ2v) is 12.6. The monoisotopic (exact) mass is 618 g/mol. The number of aromatic nitrogens is 3. The lowest BCUT2D eigenvalue weighted by Gasteiger charge is -2.40. The Hall–Kier alpha value is -3.89. The van der Waals surface area contributed by atoms with Crippen LogP contribution in [0.5, 0.6) is 0 Å². The third-order valence-electron chi connectivity index (χ3n) is 7.99. The molecule has 222 valence electrons. The van der Waals surface area contributed by atoms with Gasteiger partial charge in [-0.1, -0.05) is 50.2 Å². The van der Waals surface area contributed by atoms with Gasteiger partial charge in [-0.3, -0.25) is 4.79 Å². The molecule has 2 aliphatic heterocycles. The molecule has 0 saturated carbocycles. The van der Waals surface area contributed by atoms with Crippen molar-refractivity contribution < 1.29 is 9.18 Å². The molecule has 1 fully saturated rings. The molecule has 8 nitrogen and oxygen atoms in total. The predicted octanol–water partition coefficient (Wildman–Crippen LogP) is 6.10. The number of thioether (sulfide) groups is 1. The summed E-state index contributed by atoms with van der Waals surface area (Å²) in [5.74, 6) is 0.606. The summed E-state index contributed by atoms with van der Waals surface area (Å²) in [5.41, 5.74) is 2.62. The first-order chi connectivity index (χ1) is 20.7. The molecule has 4 aromatic rings. The van der Waals surface area contributed by atoms with Gasteiger partial charge in [0.2, 0.25) is 5.91 Å². The molecule has 2 aromatic heterocycles. The van der Waals surface area contributed by atoms with Crippen molar-refractivity contribution in [1.82, 2.24) is 19.4 Å². The van der Waals surface area contributed by atoms with Gasteiger partial charge in [-0.15, -0.1) is 11.8 Å². The van der Waals surface area contributed by atoms with Crippen molar-refractivity contribution in [2.24, 2.45) is 0 Å². The molecule has 43 heavy (non-hydrogen) atoms. The van der Waals surface area contributed by atoms with E-state index in [1.54, 1.807) is 39.4 Å². The fraction of sp³-hybridized carbons (Fsp3) is 0.312. The molecular formula is C32H32ClFN6O2S. The van der Waals surface area contributed by atoms with Crippen molar-refractivity contribution in [2.45, 2.75) is 37.6 Å². The number of hydrogen-bond donors (Lipinski definition) is 1. The van der Waals surface area contributed by atoms with E-state index < -0.39 is 11.5 Å². The minimum absolute atomic E-state index is 0.101. The lowest BCUT2D eigenvalue weighted by molar-refractivity contribution is -0.126. The molecule has 2 aromatic carbocycles. The number of carbonyl (C=O) groups excluding carboxylic acids is 1. The quantitative estimate of drug-likeness (QED) is 0.278. The molecule has 2 bridgehead atoms. The fourth-order valence-corrected chi connectivity index (χ4v) is 7.11. The van der Waals surface area contributed by atoms with E-state index in [0.29, 0.717) is 54.5 Å². The van der Waals surface area contributed by atoms with Gasteiger partial charge >= 0.3 is 5.69 Å². The molecule has 0 aliphatic carbocycles. The molecule has 0 unspecified atom stereocenters. The van der Waals surface area contributed by atoms with Gasteiger partial charge < -0.3 is 15.1 Å². The number of carbonyl (C=O) groups is 1. The topological polar surface area (TPSA) is 83.4 Å². The van der Waals surface area contributed by atoms with E-state index in [2.05, 4.69) is 30.7 Å². The van der Waals surface area contributed by atoms with Gasteiger partial charge in [0.05, 0.1) is 27.4 Å². The summed E-state index contributed by atoms with van der Waals surface area (Å²) in [4.78, 5) is 40.8. The van der Waals surface area contributed by atoms with Crippen LogP contribution in [-0.2, 0) is 4.79 Å². The smallest absolute Gasteiger partial charge is 0.355 e. The van der Waals surface area contributed by atoms with Crippen molar-refractivity contribution in [3.8, 4) is 16.9 Å². The summed E-state index contributed by atoms with van der Waals surface area (Å²) in [6.45, 7) is 11.7. The number of benzene rings is 2. The summed E-state index contributed by atoms with van der Waals surface area (Å²) in [7, 11) is 0. The molecule has 1 saturated heterocycles. The zero-order chi connectivity index (χ0) is 30.4. The first kappa shape index (κ1) is 29.2. The zero-order valence-corrected chi connectivity index (χ0v) is 25.8. The molecule has 0 radical (unpaired) electrons. The standard InChI is InChI=1S/C32H32ClFN6O2S/c1-5-26(41)38-13-14-39(19(4)17-38)30-21-16-22(33)28-27-23(34)9-7-10-24(27)35-12-15-43-25-11-6-8-20(18(2)3)29(25)40(31(21)36-28)32(42)37-30/h5-11,16,18-19,35H,1,12-15,17H2,2-4H3/t19-/m1/s1. The van der Waals surface area contributed by atoms with E-state index in [1.165, 1.54) is 12.1 Å². The maximum atomic E-state index is 15.5. The van der Waals surface area contributed by atoms with Crippen molar-refractivity contribution >= 4 is 51.8 Å². The Kier molecular flexibility index (Phi) is 7.91. The number of nitrogens with one attached hydrogen (secondary N) is 1. The highest BCUT2D eigenvalue weighted by Gasteiger charge is 2.31. The van der Waals surface area contributed by atoms with Crippen molar-refractivity contribution in [3.05, 3.63) is 82.0 Å². The maximum absolute atomic E-state index is 15.5. The number of piperazine rings is 1. The van der Waals surface area contributed by atoms with Gasteiger partial charge in [-0.05, 0) is 48.7 Å².